The molecule has 0 unspecified atom stereocenters. The van der Waals surface area contributed by atoms with Gasteiger partial charge in [0, 0.05) is 55.8 Å². The summed E-state index contributed by atoms with van der Waals surface area (Å²) in [5, 5.41) is 6.03. The molecule has 56 heavy (non-hydrogen) atoms. The minimum Gasteiger partial charge on any atom is -0.317 e. The summed E-state index contributed by atoms with van der Waals surface area (Å²) >= 11 is 0. The van der Waals surface area contributed by atoms with Crippen LogP contribution < -0.4 is 0 Å². The molecule has 0 aliphatic carbocycles. The molecule has 11 aromatic rings. The number of hydrogen-bond acceptors (Lipinski definition) is 2. The first-order valence-corrected chi connectivity index (χ1v) is 19.0. The van der Waals surface area contributed by atoms with Gasteiger partial charge < -0.3 is 9.13 Å². The Hall–Kier alpha value is -7.56. The summed E-state index contributed by atoms with van der Waals surface area (Å²) in [7, 11) is 0. The van der Waals surface area contributed by atoms with Crippen molar-refractivity contribution in [3.05, 3.63) is 206 Å². The molecule has 0 saturated carbocycles. The van der Waals surface area contributed by atoms with Crippen LogP contribution in [0, 0.1) is 0 Å². The standard InChI is InChI=1S/C52H34N4/c1-5-15-35(16-6-1)40-30-41(52-53-47(36-17-7-2-8-18-36)34-48(54-52)37-19-9-3-10-20-37)32-43(31-40)56-49-24-14-13-23-44(49)45-26-25-38-29-39-27-28-55(42-21-11-4-12-22-42)50(39)33-46(38)51(45)56/h1-34H. The third kappa shape index (κ3) is 5.39. The predicted octanol–water partition coefficient (Wildman–Crippen LogP) is 13.3. The van der Waals surface area contributed by atoms with Crippen molar-refractivity contribution >= 4 is 43.5 Å². The van der Waals surface area contributed by atoms with Gasteiger partial charge in [0.05, 0.1) is 27.9 Å². The zero-order valence-electron chi connectivity index (χ0n) is 30.4. The maximum atomic E-state index is 5.27. The van der Waals surface area contributed by atoms with E-state index in [0.717, 1.165) is 56.1 Å². The van der Waals surface area contributed by atoms with E-state index in [0.29, 0.717) is 5.82 Å². The van der Waals surface area contributed by atoms with Crippen LogP contribution in [0.4, 0.5) is 0 Å². The predicted molar refractivity (Wildman–Crippen MR) is 232 cm³/mol. The highest BCUT2D eigenvalue weighted by Crippen LogP contribution is 2.40. The van der Waals surface area contributed by atoms with E-state index in [9.17, 15) is 0 Å². The normalized spacial score (nSPS) is 11.6. The molecule has 3 aromatic heterocycles. The average molecular weight is 715 g/mol. The van der Waals surface area contributed by atoms with Crippen LogP contribution in [0.2, 0.25) is 0 Å². The van der Waals surface area contributed by atoms with Crippen molar-refractivity contribution in [1.82, 2.24) is 19.1 Å². The van der Waals surface area contributed by atoms with E-state index in [2.05, 4.69) is 203 Å². The van der Waals surface area contributed by atoms with Gasteiger partial charge in [0.25, 0.3) is 0 Å². The maximum Gasteiger partial charge on any atom is 0.160 e. The van der Waals surface area contributed by atoms with E-state index in [1.165, 1.54) is 38.0 Å². The molecule has 0 saturated heterocycles. The van der Waals surface area contributed by atoms with E-state index in [-0.39, 0.29) is 0 Å². The molecule has 0 radical (unpaired) electrons. The van der Waals surface area contributed by atoms with Crippen molar-refractivity contribution < 1.29 is 0 Å². The molecule has 3 heterocycles. The Morgan fingerprint density at radius 2 is 0.946 bits per heavy atom. The molecule has 0 atom stereocenters. The van der Waals surface area contributed by atoms with Crippen molar-refractivity contribution in [2.45, 2.75) is 0 Å². The SMILES string of the molecule is c1ccc(-c2cc(-c3nc(-c4ccccc4)cc(-c4ccccc4)n3)cc(-n3c4ccccc4c4ccc5cc6ccn(-c7ccccc7)c6cc5c43)c2)cc1. The lowest BCUT2D eigenvalue weighted by molar-refractivity contribution is 1.13. The molecule has 8 aromatic carbocycles. The molecular formula is C52H34N4. The number of rotatable bonds is 6. The van der Waals surface area contributed by atoms with Gasteiger partial charge >= 0.3 is 0 Å². The Bertz CT molecular complexity index is 3160. The zero-order valence-corrected chi connectivity index (χ0v) is 30.4. The minimum absolute atomic E-state index is 0.678. The van der Waals surface area contributed by atoms with Crippen LogP contribution >= 0.6 is 0 Å². The summed E-state index contributed by atoms with van der Waals surface area (Å²) in [6.45, 7) is 0. The Morgan fingerprint density at radius 3 is 1.64 bits per heavy atom. The number of para-hydroxylation sites is 2. The first-order valence-electron chi connectivity index (χ1n) is 19.0. The van der Waals surface area contributed by atoms with Gasteiger partial charge in [-0.2, -0.15) is 0 Å². The molecule has 0 amide bonds. The summed E-state index contributed by atoms with van der Waals surface area (Å²) < 4.78 is 4.74. The fourth-order valence-corrected chi connectivity index (χ4v) is 8.25. The molecule has 4 heteroatoms. The van der Waals surface area contributed by atoms with Crippen molar-refractivity contribution in [2.75, 3.05) is 0 Å². The van der Waals surface area contributed by atoms with E-state index in [4.69, 9.17) is 9.97 Å². The lowest BCUT2D eigenvalue weighted by atomic mass is 10.0. The number of nitrogens with zero attached hydrogens (tertiary/aromatic N) is 4. The van der Waals surface area contributed by atoms with Gasteiger partial charge in [0.1, 0.15) is 0 Å². The van der Waals surface area contributed by atoms with Crippen LogP contribution in [0.3, 0.4) is 0 Å². The maximum absolute atomic E-state index is 5.27. The van der Waals surface area contributed by atoms with Crippen molar-refractivity contribution in [2.24, 2.45) is 0 Å². The van der Waals surface area contributed by atoms with Gasteiger partial charge in [0.2, 0.25) is 0 Å². The van der Waals surface area contributed by atoms with Crippen molar-refractivity contribution in [1.29, 1.82) is 0 Å². The summed E-state index contributed by atoms with van der Waals surface area (Å²) in [6.07, 6.45) is 2.18. The number of hydrogen-bond donors (Lipinski definition) is 0. The van der Waals surface area contributed by atoms with Gasteiger partial charge in [-0.1, -0.05) is 140 Å². The Balaban J connectivity index is 1.21. The molecule has 0 spiro atoms. The second kappa shape index (κ2) is 13.1. The van der Waals surface area contributed by atoms with Crippen LogP contribution in [0.15, 0.2) is 206 Å². The van der Waals surface area contributed by atoms with Crippen molar-refractivity contribution in [3.8, 4) is 56.4 Å². The third-order valence-electron chi connectivity index (χ3n) is 10.9. The molecule has 0 aliphatic rings. The first-order chi connectivity index (χ1) is 27.7. The lowest BCUT2D eigenvalue weighted by Crippen LogP contribution is -2.00. The van der Waals surface area contributed by atoms with Gasteiger partial charge in [-0.15, -0.1) is 0 Å². The highest BCUT2D eigenvalue weighted by atomic mass is 15.0. The quantitative estimate of drug-likeness (QED) is 0.172. The summed E-state index contributed by atoms with van der Waals surface area (Å²) in [5.41, 5.74) is 12.7. The average Bonchev–Trinajstić information content (AvgIpc) is 3.85. The number of benzene rings is 8. The molecule has 262 valence electrons. The monoisotopic (exact) mass is 714 g/mol. The second-order valence-electron chi connectivity index (χ2n) is 14.3. The molecule has 0 bridgehead atoms. The van der Waals surface area contributed by atoms with Crippen LogP contribution in [-0.2, 0) is 0 Å². The number of aromatic nitrogens is 4. The van der Waals surface area contributed by atoms with E-state index >= 15 is 0 Å². The third-order valence-corrected chi connectivity index (χ3v) is 10.9. The largest absolute Gasteiger partial charge is 0.317 e. The van der Waals surface area contributed by atoms with Gasteiger partial charge in [-0.05, 0) is 77.2 Å². The molecular weight excluding hydrogens is 681 g/mol. The summed E-state index contributed by atoms with van der Waals surface area (Å²) in [5.74, 6) is 0.678. The molecule has 4 nitrogen and oxygen atoms in total. The minimum atomic E-state index is 0.678. The molecule has 0 aliphatic heterocycles. The zero-order chi connectivity index (χ0) is 37.0. The molecule has 0 N–H and O–H groups in total. The summed E-state index contributed by atoms with van der Waals surface area (Å²) in [4.78, 5) is 10.5. The fourth-order valence-electron chi connectivity index (χ4n) is 8.25. The second-order valence-corrected chi connectivity index (χ2v) is 14.3. The Labute approximate surface area is 324 Å². The van der Waals surface area contributed by atoms with E-state index in [1.54, 1.807) is 0 Å². The van der Waals surface area contributed by atoms with Gasteiger partial charge in [-0.25, -0.2) is 9.97 Å². The van der Waals surface area contributed by atoms with Gasteiger partial charge in [-0.3, -0.25) is 0 Å². The summed E-state index contributed by atoms with van der Waals surface area (Å²) in [6, 6.07) is 71.1. The number of fused-ring (bicyclic) bond motifs is 6. The van der Waals surface area contributed by atoms with Crippen LogP contribution in [0.1, 0.15) is 0 Å². The fraction of sp³-hybridized carbons (Fsp3) is 0. The topological polar surface area (TPSA) is 35.6 Å². The van der Waals surface area contributed by atoms with Crippen LogP contribution in [0.5, 0.6) is 0 Å². The van der Waals surface area contributed by atoms with Crippen LogP contribution in [-0.4, -0.2) is 19.1 Å². The smallest absolute Gasteiger partial charge is 0.160 e. The Kier molecular flexibility index (Phi) is 7.46. The van der Waals surface area contributed by atoms with Crippen LogP contribution in [0.25, 0.3) is 99.9 Å². The lowest BCUT2D eigenvalue weighted by Gasteiger charge is -2.15. The molecule has 11 rings (SSSR count). The molecule has 0 fully saturated rings. The van der Waals surface area contributed by atoms with Crippen molar-refractivity contribution in [3.63, 3.8) is 0 Å². The highest BCUT2D eigenvalue weighted by Gasteiger charge is 2.19. The highest BCUT2D eigenvalue weighted by molar-refractivity contribution is 6.20. The van der Waals surface area contributed by atoms with E-state index in [1.807, 2.05) is 12.1 Å². The van der Waals surface area contributed by atoms with Gasteiger partial charge in [0.15, 0.2) is 5.82 Å². The van der Waals surface area contributed by atoms with E-state index < -0.39 is 0 Å². The first kappa shape index (κ1) is 31.9. The Morgan fingerprint density at radius 1 is 0.339 bits per heavy atom.